The molecule has 0 saturated heterocycles. The van der Waals surface area contributed by atoms with Gasteiger partial charge in [0.25, 0.3) is 0 Å². The van der Waals surface area contributed by atoms with Crippen LogP contribution in [0, 0.1) is 30.3 Å². The third-order valence-corrected chi connectivity index (χ3v) is 5.74. The number of halogens is 3. The maximum Gasteiger partial charge on any atom is 0.166 e. The molecule has 0 bridgehead atoms. The van der Waals surface area contributed by atoms with E-state index in [0.29, 0.717) is 17.0 Å². The van der Waals surface area contributed by atoms with Gasteiger partial charge in [-0.2, -0.15) is 0 Å². The highest BCUT2D eigenvalue weighted by Crippen LogP contribution is 2.38. The Labute approximate surface area is 165 Å². The van der Waals surface area contributed by atoms with Gasteiger partial charge in [0.15, 0.2) is 11.6 Å². The molecule has 0 aromatic heterocycles. The number of rotatable bonds is 6. The zero-order valence-corrected chi connectivity index (χ0v) is 16.4. The molecule has 0 nitrogen and oxygen atoms in total. The lowest BCUT2D eigenvalue weighted by molar-refractivity contribution is 0.368. The van der Waals surface area contributed by atoms with Gasteiger partial charge in [-0.1, -0.05) is 42.5 Å². The normalized spacial score (nSPS) is 19.9. The molecule has 28 heavy (non-hydrogen) atoms. The summed E-state index contributed by atoms with van der Waals surface area (Å²) in [5.74, 6) is -1.38. The number of unbranched alkanes of at least 4 members (excludes halogenated alkanes) is 1. The summed E-state index contributed by atoms with van der Waals surface area (Å²) >= 11 is 0. The van der Waals surface area contributed by atoms with Gasteiger partial charge in [0.2, 0.25) is 0 Å². The molecule has 0 heterocycles. The predicted octanol–water partition coefficient (Wildman–Crippen LogP) is 7.88. The Bertz CT molecular complexity index is 858. The Morgan fingerprint density at radius 3 is 2.39 bits per heavy atom. The first-order valence-electron chi connectivity index (χ1n) is 10.0. The number of aryl methyl sites for hydroxylation is 1. The van der Waals surface area contributed by atoms with Gasteiger partial charge in [0, 0.05) is 5.56 Å². The van der Waals surface area contributed by atoms with Crippen molar-refractivity contribution < 1.29 is 13.2 Å². The van der Waals surface area contributed by atoms with Gasteiger partial charge in [-0.25, -0.2) is 13.2 Å². The van der Waals surface area contributed by atoms with Gasteiger partial charge in [-0.05, 0) is 80.0 Å². The van der Waals surface area contributed by atoms with Crippen molar-refractivity contribution in [3.63, 3.8) is 0 Å². The highest BCUT2D eigenvalue weighted by atomic mass is 19.2. The van der Waals surface area contributed by atoms with Crippen LogP contribution in [-0.2, 0) is 0 Å². The summed E-state index contributed by atoms with van der Waals surface area (Å²) in [6.45, 7) is 5.24. The molecule has 1 saturated carbocycles. The van der Waals surface area contributed by atoms with Crippen LogP contribution in [0.2, 0.25) is 0 Å². The molecular weight excluding hydrogens is 357 g/mol. The topological polar surface area (TPSA) is 0 Å². The molecular formula is C25H27F3. The minimum absolute atomic E-state index is 0.0990. The van der Waals surface area contributed by atoms with E-state index in [9.17, 15) is 13.2 Å². The molecule has 0 aliphatic heterocycles. The van der Waals surface area contributed by atoms with Crippen molar-refractivity contribution in [1.29, 1.82) is 0 Å². The lowest BCUT2D eigenvalue weighted by Gasteiger charge is -2.27. The fourth-order valence-electron chi connectivity index (χ4n) is 4.02. The molecule has 0 amide bonds. The smallest absolute Gasteiger partial charge is 0.166 e. The average molecular weight is 384 g/mol. The van der Waals surface area contributed by atoms with Crippen molar-refractivity contribution in [2.45, 2.75) is 51.4 Å². The van der Waals surface area contributed by atoms with Crippen LogP contribution in [0.25, 0.3) is 11.1 Å². The van der Waals surface area contributed by atoms with E-state index in [2.05, 4.69) is 18.7 Å². The Morgan fingerprint density at radius 1 is 0.964 bits per heavy atom. The van der Waals surface area contributed by atoms with Crippen LogP contribution in [0.5, 0.6) is 0 Å². The van der Waals surface area contributed by atoms with Crippen LogP contribution in [0.1, 0.15) is 55.6 Å². The average Bonchev–Trinajstić information content (AvgIpc) is 2.70. The molecule has 1 aliphatic rings. The minimum atomic E-state index is -0.920. The Morgan fingerprint density at radius 2 is 1.71 bits per heavy atom. The Hall–Kier alpha value is -2.29. The summed E-state index contributed by atoms with van der Waals surface area (Å²) in [4.78, 5) is 0. The SMILES string of the molecule is C=CCC/C=C/C1CCC(c2ccc(-c3ccc(C)c(F)c3F)cc2F)CC1. The minimum Gasteiger partial charge on any atom is -0.207 e. The molecule has 3 heteroatoms. The van der Waals surface area contributed by atoms with Crippen molar-refractivity contribution in [3.8, 4) is 11.1 Å². The summed E-state index contributed by atoms with van der Waals surface area (Å²) in [6, 6.07) is 7.80. The first-order valence-corrected chi connectivity index (χ1v) is 10.0. The molecule has 2 aromatic carbocycles. The highest BCUT2D eigenvalue weighted by Gasteiger charge is 2.23. The van der Waals surface area contributed by atoms with Crippen LogP contribution in [0.15, 0.2) is 55.1 Å². The summed E-state index contributed by atoms with van der Waals surface area (Å²) in [5, 5.41) is 0. The van der Waals surface area contributed by atoms with Crippen LogP contribution in [-0.4, -0.2) is 0 Å². The molecule has 0 atom stereocenters. The monoisotopic (exact) mass is 384 g/mol. The van der Waals surface area contributed by atoms with E-state index in [0.717, 1.165) is 38.5 Å². The van der Waals surface area contributed by atoms with Crippen LogP contribution < -0.4 is 0 Å². The van der Waals surface area contributed by atoms with E-state index in [1.165, 1.54) is 25.1 Å². The van der Waals surface area contributed by atoms with Gasteiger partial charge in [-0.15, -0.1) is 6.58 Å². The summed E-state index contributed by atoms with van der Waals surface area (Å²) in [5.41, 5.74) is 1.40. The zero-order valence-electron chi connectivity index (χ0n) is 16.4. The predicted molar refractivity (Wildman–Crippen MR) is 110 cm³/mol. The molecule has 0 unspecified atom stereocenters. The van der Waals surface area contributed by atoms with Crippen molar-refractivity contribution in [2.75, 3.05) is 0 Å². The van der Waals surface area contributed by atoms with Crippen molar-refractivity contribution >= 4 is 0 Å². The maximum absolute atomic E-state index is 14.8. The number of allylic oxidation sites excluding steroid dienone is 3. The molecule has 1 aliphatic carbocycles. The van der Waals surface area contributed by atoms with Crippen LogP contribution in [0.3, 0.4) is 0 Å². The van der Waals surface area contributed by atoms with Gasteiger partial charge in [0.1, 0.15) is 5.82 Å². The van der Waals surface area contributed by atoms with Crippen LogP contribution in [0.4, 0.5) is 13.2 Å². The molecule has 1 fully saturated rings. The first kappa shape index (κ1) is 20.4. The third kappa shape index (κ3) is 4.57. The lowest BCUT2D eigenvalue weighted by atomic mass is 9.78. The van der Waals surface area contributed by atoms with Crippen LogP contribution >= 0.6 is 0 Å². The standard InChI is InChI=1S/C25H27F3/c1-3-4-5-6-7-18-9-11-19(12-10-18)21-15-13-20(16-23(21)26)22-14-8-17(2)24(27)25(22)28/h3,6-8,13-16,18-19H,1,4-5,9-12H2,2H3/b7-6+. The van der Waals surface area contributed by atoms with E-state index in [1.54, 1.807) is 12.1 Å². The van der Waals surface area contributed by atoms with E-state index in [1.807, 2.05) is 6.08 Å². The number of benzene rings is 2. The van der Waals surface area contributed by atoms with E-state index < -0.39 is 11.6 Å². The number of hydrogen-bond donors (Lipinski definition) is 0. The van der Waals surface area contributed by atoms with E-state index in [-0.39, 0.29) is 22.9 Å². The van der Waals surface area contributed by atoms with Crippen molar-refractivity contribution in [1.82, 2.24) is 0 Å². The largest absolute Gasteiger partial charge is 0.207 e. The zero-order chi connectivity index (χ0) is 20.1. The summed E-state index contributed by atoms with van der Waals surface area (Å²) < 4.78 is 42.8. The molecule has 0 N–H and O–H groups in total. The van der Waals surface area contributed by atoms with E-state index in [4.69, 9.17) is 0 Å². The molecule has 0 radical (unpaired) electrons. The molecule has 2 aromatic rings. The lowest BCUT2D eigenvalue weighted by Crippen LogP contribution is -2.13. The van der Waals surface area contributed by atoms with E-state index >= 15 is 0 Å². The first-order chi connectivity index (χ1) is 13.5. The third-order valence-electron chi connectivity index (χ3n) is 5.74. The highest BCUT2D eigenvalue weighted by molar-refractivity contribution is 5.65. The quantitative estimate of drug-likeness (QED) is 0.351. The maximum atomic E-state index is 14.8. The second-order valence-electron chi connectivity index (χ2n) is 7.70. The van der Waals surface area contributed by atoms with Gasteiger partial charge in [-0.3, -0.25) is 0 Å². The Kier molecular flexibility index (Phi) is 6.77. The number of hydrogen-bond acceptors (Lipinski definition) is 0. The molecule has 3 rings (SSSR count). The Balaban J connectivity index is 1.70. The summed E-state index contributed by atoms with van der Waals surface area (Å²) in [7, 11) is 0. The fourth-order valence-corrected chi connectivity index (χ4v) is 4.02. The van der Waals surface area contributed by atoms with Gasteiger partial charge < -0.3 is 0 Å². The molecule has 148 valence electrons. The van der Waals surface area contributed by atoms with Crippen molar-refractivity contribution in [2.24, 2.45) is 5.92 Å². The summed E-state index contributed by atoms with van der Waals surface area (Å²) in [6.07, 6.45) is 12.4. The fraction of sp³-hybridized carbons (Fsp3) is 0.360. The van der Waals surface area contributed by atoms with Crippen molar-refractivity contribution in [3.05, 3.63) is 83.7 Å². The molecule has 0 spiro atoms. The van der Waals surface area contributed by atoms with Gasteiger partial charge >= 0.3 is 0 Å². The second kappa shape index (κ2) is 9.27. The van der Waals surface area contributed by atoms with Gasteiger partial charge in [0.05, 0.1) is 0 Å². The second-order valence-corrected chi connectivity index (χ2v) is 7.70.